The molecule has 14 heavy (non-hydrogen) atoms. The number of nitrogens with two attached hydrogens (primary N) is 1. The summed E-state index contributed by atoms with van der Waals surface area (Å²) in [5.41, 5.74) is 7.64. The van der Waals surface area contributed by atoms with E-state index >= 15 is 0 Å². The van der Waals surface area contributed by atoms with Crippen LogP contribution in [0, 0.1) is 0 Å². The van der Waals surface area contributed by atoms with Crippen LogP contribution in [-0.4, -0.2) is 19.6 Å². The Hall–Kier alpha value is -1.62. The topological polar surface area (TPSA) is 61.7 Å². The maximum Gasteiger partial charge on any atom is 0.102 e. The SMILES string of the molecule is Cn1cc(Cn2cccc2CN)nn1. The lowest BCUT2D eigenvalue weighted by molar-refractivity contribution is 0.703. The lowest BCUT2D eigenvalue weighted by atomic mass is 10.4. The smallest absolute Gasteiger partial charge is 0.102 e. The van der Waals surface area contributed by atoms with Crippen LogP contribution < -0.4 is 5.73 Å². The summed E-state index contributed by atoms with van der Waals surface area (Å²) < 4.78 is 3.77. The van der Waals surface area contributed by atoms with Crippen LogP contribution in [0.5, 0.6) is 0 Å². The summed E-state index contributed by atoms with van der Waals surface area (Å²) in [6.45, 7) is 1.28. The minimum Gasteiger partial charge on any atom is -0.344 e. The Morgan fingerprint density at radius 1 is 1.50 bits per heavy atom. The van der Waals surface area contributed by atoms with Gasteiger partial charge in [0.1, 0.15) is 5.69 Å². The van der Waals surface area contributed by atoms with Gasteiger partial charge in [-0.15, -0.1) is 5.10 Å². The molecule has 5 nitrogen and oxygen atoms in total. The quantitative estimate of drug-likeness (QED) is 0.749. The van der Waals surface area contributed by atoms with Gasteiger partial charge in [0.05, 0.1) is 6.54 Å². The van der Waals surface area contributed by atoms with Gasteiger partial charge in [0.15, 0.2) is 0 Å². The molecule has 2 aromatic rings. The number of hydrogen-bond acceptors (Lipinski definition) is 3. The molecule has 0 atom stereocenters. The van der Waals surface area contributed by atoms with Gasteiger partial charge in [-0.1, -0.05) is 5.21 Å². The Morgan fingerprint density at radius 3 is 3.00 bits per heavy atom. The second-order valence-electron chi connectivity index (χ2n) is 3.22. The lowest BCUT2D eigenvalue weighted by Gasteiger charge is -2.03. The van der Waals surface area contributed by atoms with Gasteiger partial charge >= 0.3 is 0 Å². The summed E-state index contributed by atoms with van der Waals surface area (Å²) in [7, 11) is 1.86. The fourth-order valence-corrected chi connectivity index (χ4v) is 1.43. The Kier molecular flexibility index (Phi) is 2.32. The van der Waals surface area contributed by atoms with E-state index in [9.17, 15) is 0 Å². The monoisotopic (exact) mass is 191 g/mol. The van der Waals surface area contributed by atoms with Crippen LogP contribution in [0.2, 0.25) is 0 Å². The van der Waals surface area contributed by atoms with E-state index < -0.39 is 0 Å². The van der Waals surface area contributed by atoms with Gasteiger partial charge < -0.3 is 10.3 Å². The highest BCUT2D eigenvalue weighted by atomic mass is 15.4. The molecular formula is C9H13N5. The van der Waals surface area contributed by atoms with Crippen LogP contribution in [-0.2, 0) is 20.1 Å². The third-order valence-electron chi connectivity index (χ3n) is 2.12. The average molecular weight is 191 g/mol. The van der Waals surface area contributed by atoms with E-state index in [1.165, 1.54) is 0 Å². The van der Waals surface area contributed by atoms with Gasteiger partial charge in [-0.3, -0.25) is 4.68 Å². The van der Waals surface area contributed by atoms with Crippen LogP contribution in [0.1, 0.15) is 11.4 Å². The van der Waals surface area contributed by atoms with Crippen LogP contribution in [0.3, 0.4) is 0 Å². The van der Waals surface area contributed by atoms with E-state index in [-0.39, 0.29) is 0 Å². The fourth-order valence-electron chi connectivity index (χ4n) is 1.43. The van der Waals surface area contributed by atoms with Gasteiger partial charge in [0.25, 0.3) is 0 Å². The van der Waals surface area contributed by atoms with Crippen molar-refractivity contribution >= 4 is 0 Å². The highest BCUT2D eigenvalue weighted by Gasteiger charge is 2.02. The van der Waals surface area contributed by atoms with E-state index in [0.29, 0.717) is 6.54 Å². The molecule has 74 valence electrons. The summed E-state index contributed by atoms with van der Waals surface area (Å²) in [6, 6.07) is 3.99. The largest absolute Gasteiger partial charge is 0.344 e. The summed E-state index contributed by atoms with van der Waals surface area (Å²) in [5.74, 6) is 0. The minimum absolute atomic E-state index is 0.549. The molecule has 0 aliphatic heterocycles. The molecule has 0 saturated carbocycles. The number of hydrogen-bond donors (Lipinski definition) is 1. The summed E-state index contributed by atoms with van der Waals surface area (Å²) in [5, 5.41) is 7.89. The third-order valence-corrected chi connectivity index (χ3v) is 2.12. The zero-order chi connectivity index (χ0) is 9.97. The number of rotatable bonds is 3. The molecule has 0 spiro atoms. The van der Waals surface area contributed by atoms with E-state index in [2.05, 4.69) is 14.9 Å². The molecule has 0 radical (unpaired) electrons. The molecule has 0 unspecified atom stereocenters. The van der Waals surface area contributed by atoms with Crippen molar-refractivity contribution in [2.45, 2.75) is 13.1 Å². The molecule has 0 bridgehead atoms. The van der Waals surface area contributed by atoms with Crippen molar-refractivity contribution in [3.63, 3.8) is 0 Å². The van der Waals surface area contributed by atoms with Crippen molar-refractivity contribution in [2.75, 3.05) is 0 Å². The molecule has 0 saturated heterocycles. The standard InChI is InChI=1S/C9H13N5/c1-13-6-8(11-12-13)7-14-4-2-3-9(14)5-10/h2-4,6H,5,7,10H2,1H3. The van der Waals surface area contributed by atoms with E-state index in [1.54, 1.807) is 4.68 Å². The highest BCUT2D eigenvalue weighted by Crippen LogP contribution is 2.04. The predicted molar refractivity (Wildman–Crippen MR) is 52.4 cm³/mol. The maximum atomic E-state index is 5.59. The van der Waals surface area contributed by atoms with Crippen LogP contribution in [0.15, 0.2) is 24.5 Å². The van der Waals surface area contributed by atoms with Crippen LogP contribution >= 0.6 is 0 Å². The Labute approximate surface area is 82.1 Å². The first-order valence-electron chi connectivity index (χ1n) is 4.49. The van der Waals surface area contributed by atoms with Gasteiger partial charge in [0, 0.05) is 31.7 Å². The highest BCUT2D eigenvalue weighted by molar-refractivity contribution is 5.09. The first-order valence-corrected chi connectivity index (χ1v) is 4.49. The summed E-state index contributed by atoms with van der Waals surface area (Å²) >= 11 is 0. The first-order chi connectivity index (χ1) is 6.79. The van der Waals surface area contributed by atoms with E-state index in [1.807, 2.05) is 31.6 Å². The van der Waals surface area contributed by atoms with Crippen molar-refractivity contribution in [3.8, 4) is 0 Å². The predicted octanol–water partition coefficient (Wildman–Crippen LogP) is 0.124. The molecule has 2 heterocycles. The van der Waals surface area contributed by atoms with Crippen molar-refractivity contribution in [2.24, 2.45) is 12.8 Å². The van der Waals surface area contributed by atoms with E-state index in [0.717, 1.165) is 17.9 Å². The van der Waals surface area contributed by atoms with Gasteiger partial charge in [-0.25, -0.2) is 0 Å². The van der Waals surface area contributed by atoms with Crippen molar-refractivity contribution in [3.05, 3.63) is 35.9 Å². The van der Waals surface area contributed by atoms with Gasteiger partial charge in [-0.05, 0) is 12.1 Å². The molecule has 0 fully saturated rings. The maximum absolute atomic E-state index is 5.59. The molecule has 2 rings (SSSR count). The molecule has 0 aromatic carbocycles. The number of aryl methyl sites for hydroxylation is 1. The minimum atomic E-state index is 0.549. The zero-order valence-electron chi connectivity index (χ0n) is 8.09. The first kappa shape index (κ1) is 8.96. The number of nitrogens with zero attached hydrogens (tertiary/aromatic N) is 4. The second kappa shape index (κ2) is 3.63. The van der Waals surface area contributed by atoms with Crippen molar-refractivity contribution < 1.29 is 0 Å². The molecule has 5 heteroatoms. The normalized spacial score (nSPS) is 10.7. The molecule has 0 amide bonds. The number of aromatic nitrogens is 4. The van der Waals surface area contributed by atoms with Crippen LogP contribution in [0.4, 0.5) is 0 Å². The second-order valence-corrected chi connectivity index (χ2v) is 3.22. The van der Waals surface area contributed by atoms with Gasteiger partial charge in [0.2, 0.25) is 0 Å². The zero-order valence-corrected chi connectivity index (χ0v) is 8.09. The molecular weight excluding hydrogens is 178 g/mol. The Balaban J connectivity index is 2.18. The lowest BCUT2D eigenvalue weighted by Crippen LogP contribution is -2.07. The molecule has 2 aromatic heterocycles. The Morgan fingerprint density at radius 2 is 2.36 bits per heavy atom. The molecule has 0 aliphatic carbocycles. The van der Waals surface area contributed by atoms with Crippen molar-refractivity contribution in [1.29, 1.82) is 0 Å². The summed E-state index contributed by atoms with van der Waals surface area (Å²) in [4.78, 5) is 0. The van der Waals surface area contributed by atoms with Crippen molar-refractivity contribution in [1.82, 2.24) is 19.6 Å². The average Bonchev–Trinajstić information content (AvgIpc) is 2.76. The van der Waals surface area contributed by atoms with Crippen LogP contribution in [0.25, 0.3) is 0 Å². The molecule has 0 aliphatic rings. The third kappa shape index (κ3) is 1.67. The summed E-state index contributed by atoms with van der Waals surface area (Å²) in [6.07, 6.45) is 3.90. The van der Waals surface area contributed by atoms with Gasteiger partial charge in [-0.2, -0.15) is 0 Å². The fraction of sp³-hybridized carbons (Fsp3) is 0.333. The Bertz CT molecular complexity index is 414. The molecule has 2 N–H and O–H groups in total. The van der Waals surface area contributed by atoms with E-state index in [4.69, 9.17) is 5.73 Å².